The summed E-state index contributed by atoms with van der Waals surface area (Å²) >= 11 is 1.26. The highest BCUT2D eigenvalue weighted by Crippen LogP contribution is 2.22. The number of piperidine rings is 1. The molecule has 6 nitrogen and oxygen atoms in total. The number of amides is 1. The SMILES string of the molecule is COC(=O)N1CCC(NS(=O)(=O)c2ccc(C)s2)CC1. The molecule has 0 atom stereocenters. The smallest absolute Gasteiger partial charge is 0.409 e. The number of carbonyl (C=O) groups excluding carboxylic acids is 1. The van der Waals surface area contributed by atoms with Crippen molar-refractivity contribution in [1.29, 1.82) is 0 Å². The van der Waals surface area contributed by atoms with Crippen LogP contribution in [0.25, 0.3) is 0 Å². The molecule has 0 aliphatic carbocycles. The fourth-order valence-corrected chi connectivity index (χ4v) is 4.75. The highest BCUT2D eigenvalue weighted by molar-refractivity contribution is 7.91. The van der Waals surface area contributed by atoms with Gasteiger partial charge >= 0.3 is 6.09 Å². The van der Waals surface area contributed by atoms with Crippen LogP contribution in [0.5, 0.6) is 0 Å². The number of sulfonamides is 1. The Morgan fingerprint density at radius 1 is 1.40 bits per heavy atom. The lowest BCUT2D eigenvalue weighted by Gasteiger charge is -2.30. The number of likely N-dealkylation sites (tertiary alicyclic amines) is 1. The molecule has 1 N–H and O–H groups in total. The second-order valence-corrected chi connectivity index (χ2v) is 7.95. The summed E-state index contributed by atoms with van der Waals surface area (Å²) in [6, 6.07) is 3.27. The van der Waals surface area contributed by atoms with Gasteiger partial charge in [-0.3, -0.25) is 0 Å². The second kappa shape index (κ2) is 6.11. The predicted molar refractivity (Wildman–Crippen MR) is 76.4 cm³/mol. The minimum atomic E-state index is -3.45. The van der Waals surface area contributed by atoms with Gasteiger partial charge in [0, 0.05) is 24.0 Å². The molecule has 1 amide bonds. The normalized spacial score (nSPS) is 17.2. The Labute approximate surface area is 122 Å². The van der Waals surface area contributed by atoms with Crippen LogP contribution in [-0.4, -0.2) is 45.7 Å². The highest BCUT2D eigenvalue weighted by Gasteiger charge is 2.27. The average molecular weight is 318 g/mol. The van der Waals surface area contributed by atoms with E-state index in [1.807, 2.05) is 6.92 Å². The molecule has 20 heavy (non-hydrogen) atoms. The maximum Gasteiger partial charge on any atom is 0.409 e. The molecular formula is C12H18N2O4S2. The number of aryl methyl sites for hydroxylation is 1. The minimum absolute atomic E-state index is 0.136. The molecular weight excluding hydrogens is 300 g/mol. The Morgan fingerprint density at radius 2 is 2.05 bits per heavy atom. The van der Waals surface area contributed by atoms with Crippen LogP contribution in [0.15, 0.2) is 16.3 Å². The monoisotopic (exact) mass is 318 g/mol. The van der Waals surface area contributed by atoms with E-state index in [1.54, 1.807) is 17.0 Å². The van der Waals surface area contributed by atoms with Crippen molar-refractivity contribution in [3.8, 4) is 0 Å². The molecule has 0 radical (unpaired) electrons. The number of carbonyl (C=O) groups is 1. The lowest BCUT2D eigenvalue weighted by molar-refractivity contribution is 0.111. The molecule has 2 rings (SSSR count). The van der Waals surface area contributed by atoms with E-state index in [0.29, 0.717) is 30.1 Å². The molecule has 112 valence electrons. The molecule has 2 heterocycles. The fourth-order valence-electron chi connectivity index (χ4n) is 2.14. The molecule has 0 unspecified atom stereocenters. The largest absolute Gasteiger partial charge is 0.453 e. The Kier molecular flexibility index (Phi) is 4.66. The zero-order valence-corrected chi connectivity index (χ0v) is 13.1. The third-order valence-corrected chi connectivity index (χ3v) is 6.24. The van der Waals surface area contributed by atoms with Crippen LogP contribution in [0, 0.1) is 6.92 Å². The third kappa shape index (κ3) is 3.50. The van der Waals surface area contributed by atoms with Crippen LogP contribution >= 0.6 is 11.3 Å². The number of hydrogen-bond acceptors (Lipinski definition) is 5. The molecule has 8 heteroatoms. The summed E-state index contributed by atoms with van der Waals surface area (Å²) in [4.78, 5) is 13.9. The first-order valence-electron chi connectivity index (χ1n) is 6.34. The van der Waals surface area contributed by atoms with Gasteiger partial charge in [-0.05, 0) is 31.9 Å². The van der Waals surface area contributed by atoms with Gasteiger partial charge in [0.1, 0.15) is 4.21 Å². The van der Waals surface area contributed by atoms with E-state index < -0.39 is 10.0 Å². The first-order chi connectivity index (χ1) is 9.42. The van der Waals surface area contributed by atoms with E-state index >= 15 is 0 Å². The Hall–Kier alpha value is -1.12. The number of nitrogens with zero attached hydrogens (tertiary/aromatic N) is 1. The predicted octanol–water partition coefficient (Wildman–Crippen LogP) is 1.57. The van der Waals surface area contributed by atoms with E-state index in [4.69, 9.17) is 0 Å². The van der Waals surface area contributed by atoms with E-state index in [-0.39, 0.29) is 12.1 Å². The lowest BCUT2D eigenvalue weighted by atomic mass is 10.1. The fraction of sp³-hybridized carbons (Fsp3) is 0.583. The van der Waals surface area contributed by atoms with Crippen LogP contribution < -0.4 is 4.72 Å². The van der Waals surface area contributed by atoms with Gasteiger partial charge < -0.3 is 9.64 Å². The number of nitrogens with one attached hydrogen (secondary N) is 1. The molecule has 1 fully saturated rings. The van der Waals surface area contributed by atoms with Gasteiger partial charge in [0.25, 0.3) is 0 Å². The average Bonchev–Trinajstić information content (AvgIpc) is 2.86. The lowest BCUT2D eigenvalue weighted by Crippen LogP contribution is -2.46. The zero-order chi connectivity index (χ0) is 14.8. The van der Waals surface area contributed by atoms with Gasteiger partial charge in [0.05, 0.1) is 7.11 Å². The summed E-state index contributed by atoms with van der Waals surface area (Å²) in [5.41, 5.74) is 0. The van der Waals surface area contributed by atoms with Crippen LogP contribution in [0.4, 0.5) is 4.79 Å². The maximum absolute atomic E-state index is 12.2. The summed E-state index contributed by atoms with van der Waals surface area (Å²) in [7, 11) is -2.11. The maximum atomic E-state index is 12.2. The number of methoxy groups -OCH3 is 1. The van der Waals surface area contributed by atoms with E-state index in [1.165, 1.54) is 18.4 Å². The van der Waals surface area contributed by atoms with Crippen molar-refractivity contribution < 1.29 is 17.9 Å². The second-order valence-electron chi connectivity index (χ2n) is 4.72. The van der Waals surface area contributed by atoms with Crippen molar-refractivity contribution in [3.63, 3.8) is 0 Å². The summed E-state index contributed by atoms with van der Waals surface area (Å²) in [5, 5.41) is 0. The van der Waals surface area contributed by atoms with Gasteiger partial charge in [-0.25, -0.2) is 17.9 Å². The Morgan fingerprint density at radius 3 is 2.55 bits per heavy atom. The number of thiophene rings is 1. The van der Waals surface area contributed by atoms with Gasteiger partial charge in [0.15, 0.2) is 0 Å². The Bertz CT molecular complexity index is 574. The van der Waals surface area contributed by atoms with E-state index in [2.05, 4.69) is 9.46 Å². The van der Waals surface area contributed by atoms with Crippen molar-refractivity contribution in [3.05, 3.63) is 17.0 Å². The summed E-state index contributed by atoms with van der Waals surface area (Å²) in [6.45, 7) is 2.88. The van der Waals surface area contributed by atoms with Crippen molar-refractivity contribution in [2.75, 3.05) is 20.2 Å². The quantitative estimate of drug-likeness (QED) is 0.918. The highest BCUT2D eigenvalue weighted by atomic mass is 32.2. The van der Waals surface area contributed by atoms with Crippen molar-refractivity contribution in [1.82, 2.24) is 9.62 Å². The molecule has 1 aromatic heterocycles. The summed E-state index contributed by atoms with van der Waals surface area (Å²) in [6.07, 6.45) is 0.831. The molecule has 0 bridgehead atoms. The van der Waals surface area contributed by atoms with Crippen LogP contribution in [0.2, 0.25) is 0 Å². The van der Waals surface area contributed by atoms with Crippen LogP contribution in [0.1, 0.15) is 17.7 Å². The van der Waals surface area contributed by atoms with Crippen LogP contribution in [0.3, 0.4) is 0 Å². The molecule has 0 aromatic carbocycles. The van der Waals surface area contributed by atoms with Gasteiger partial charge in [0.2, 0.25) is 10.0 Å². The number of hydrogen-bond donors (Lipinski definition) is 1. The van der Waals surface area contributed by atoms with Crippen molar-refractivity contribution in [2.45, 2.75) is 30.0 Å². The van der Waals surface area contributed by atoms with Gasteiger partial charge in [-0.15, -0.1) is 11.3 Å². The summed E-state index contributed by atoms with van der Waals surface area (Å²) in [5.74, 6) is 0. The first kappa shape index (κ1) is 15.3. The van der Waals surface area contributed by atoms with Crippen molar-refractivity contribution >= 4 is 27.5 Å². The molecule has 0 spiro atoms. The van der Waals surface area contributed by atoms with Crippen LogP contribution in [-0.2, 0) is 14.8 Å². The number of rotatable bonds is 3. The van der Waals surface area contributed by atoms with E-state index in [9.17, 15) is 13.2 Å². The topological polar surface area (TPSA) is 75.7 Å². The number of ether oxygens (including phenoxy) is 1. The molecule has 1 aliphatic rings. The van der Waals surface area contributed by atoms with Crippen molar-refractivity contribution in [2.24, 2.45) is 0 Å². The third-order valence-electron chi connectivity index (χ3n) is 3.23. The molecule has 1 aliphatic heterocycles. The standard InChI is InChI=1S/C12H18N2O4S2/c1-9-3-4-11(19-9)20(16,17)13-10-5-7-14(8-6-10)12(15)18-2/h3-4,10,13H,5-8H2,1-2H3. The zero-order valence-electron chi connectivity index (χ0n) is 11.5. The van der Waals surface area contributed by atoms with Gasteiger partial charge in [-0.1, -0.05) is 0 Å². The molecule has 0 saturated carbocycles. The first-order valence-corrected chi connectivity index (χ1v) is 8.64. The molecule has 1 aromatic rings. The van der Waals surface area contributed by atoms with E-state index in [0.717, 1.165) is 4.88 Å². The Balaban J connectivity index is 1.94. The summed E-state index contributed by atoms with van der Waals surface area (Å²) < 4.78 is 32.1. The minimum Gasteiger partial charge on any atom is -0.453 e. The van der Waals surface area contributed by atoms with Gasteiger partial charge in [-0.2, -0.15) is 0 Å². The molecule has 1 saturated heterocycles.